The van der Waals surface area contributed by atoms with E-state index >= 15 is 0 Å². The third-order valence-corrected chi connectivity index (χ3v) is 8.04. The van der Waals surface area contributed by atoms with Crippen LogP contribution in [0.25, 0.3) is 11.0 Å². The quantitative estimate of drug-likeness (QED) is 0.321. The number of cyclic esters (lactones) is 1. The summed E-state index contributed by atoms with van der Waals surface area (Å²) in [4.78, 5) is 21.5. The van der Waals surface area contributed by atoms with Gasteiger partial charge in [0.1, 0.15) is 11.6 Å². The molecule has 3 aromatic carbocycles. The number of phenols is 1. The number of hydrogen-bond donors (Lipinski definition) is 2. The van der Waals surface area contributed by atoms with Crippen LogP contribution >= 0.6 is 0 Å². The van der Waals surface area contributed by atoms with Gasteiger partial charge in [-0.2, -0.15) is 8.78 Å². The van der Waals surface area contributed by atoms with Crippen molar-refractivity contribution in [2.24, 2.45) is 11.8 Å². The predicted octanol–water partition coefficient (Wildman–Crippen LogP) is 4.68. The third-order valence-electron chi connectivity index (χ3n) is 8.04. The lowest BCUT2D eigenvalue weighted by Crippen LogP contribution is -2.35. The number of carbonyl (C=O) groups excluding carboxylic acids is 1. The predicted molar refractivity (Wildman–Crippen MR) is 138 cm³/mol. The molecule has 4 aromatic rings. The Morgan fingerprint density at radius 1 is 0.976 bits per heavy atom. The molecule has 2 N–H and O–H groups in total. The number of H-pyrrole nitrogens is 1. The summed E-state index contributed by atoms with van der Waals surface area (Å²) in [6.07, 6.45) is 0. The number of aromatic hydroxyl groups is 1. The maximum Gasteiger partial charge on any atom is 0.387 e. The Morgan fingerprint density at radius 2 is 1.66 bits per heavy atom. The number of nitrogens with zero attached hydrogens (tertiary/aromatic N) is 1. The Bertz CT molecular complexity index is 1660. The van der Waals surface area contributed by atoms with Gasteiger partial charge in [-0.25, -0.2) is 4.98 Å². The van der Waals surface area contributed by atoms with Crippen LogP contribution in [0, 0.1) is 11.8 Å². The maximum atomic E-state index is 13.4. The summed E-state index contributed by atoms with van der Waals surface area (Å²) in [7, 11) is 2.88. The average molecular weight is 567 g/mol. The SMILES string of the molecule is COc1cc([C@@H]2c3cc4c(cc3[C@@H](c3nc5ccc(OC(F)F)cc5[nH]3)[C@H]3COC(=O)[C@H]23)OCO4)cc(OC)c1O. The molecule has 3 heterocycles. The van der Waals surface area contributed by atoms with Crippen LogP contribution in [0.5, 0.6) is 34.5 Å². The molecular formula is C29H24F2N2O8. The van der Waals surface area contributed by atoms with Gasteiger partial charge in [0.15, 0.2) is 23.0 Å². The number of carbonyl (C=O) groups is 1. The second kappa shape index (κ2) is 9.43. The number of ether oxygens (including phenoxy) is 6. The van der Waals surface area contributed by atoms with Gasteiger partial charge in [0.05, 0.1) is 37.8 Å². The molecule has 7 rings (SSSR count). The Hall–Kier alpha value is -4.74. The van der Waals surface area contributed by atoms with E-state index in [0.717, 1.165) is 11.1 Å². The van der Waals surface area contributed by atoms with Crippen molar-refractivity contribution in [1.82, 2.24) is 9.97 Å². The summed E-state index contributed by atoms with van der Waals surface area (Å²) in [6.45, 7) is -2.76. The molecule has 4 atom stereocenters. The number of nitrogens with one attached hydrogen (secondary N) is 1. The Kier molecular flexibility index (Phi) is 5.80. The van der Waals surface area contributed by atoms with E-state index in [4.69, 9.17) is 28.7 Å². The normalized spacial score (nSPS) is 22.4. The molecule has 212 valence electrons. The number of halogens is 2. The zero-order valence-corrected chi connectivity index (χ0v) is 21.9. The molecule has 0 amide bonds. The van der Waals surface area contributed by atoms with E-state index in [-0.39, 0.29) is 48.3 Å². The van der Waals surface area contributed by atoms with Gasteiger partial charge in [-0.15, -0.1) is 0 Å². The molecule has 1 aromatic heterocycles. The van der Waals surface area contributed by atoms with Gasteiger partial charge in [0.2, 0.25) is 12.5 Å². The first kappa shape index (κ1) is 25.2. The molecule has 1 saturated heterocycles. The van der Waals surface area contributed by atoms with Gasteiger partial charge in [-0.1, -0.05) is 0 Å². The molecule has 2 aliphatic heterocycles. The minimum atomic E-state index is -2.96. The number of hydrogen-bond acceptors (Lipinski definition) is 9. The van der Waals surface area contributed by atoms with Crippen molar-refractivity contribution in [1.29, 1.82) is 0 Å². The molecule has 41 heavy (non-hydrogen) atoms. The van der Waals surface area contributed by atoms with Crippen molar-refractivity contribution >= 4 is 17.0 Å². The monoisotopic (exact) mass is 566 g/mol. The van der Waals surface area contributed by atoms with Crippen LogP contribution in [0.2, 0.25) is 0 Å². The van der Waals surface area contributed by atoms with Crippen LogP contribution in [0.15, 0.2) is 42.5 Å². The summed E-state index contributed by atoms with van der Waals surface area (Å²) in [5.41, 5.74) is 3.38. The highest BCUT2D eigenvalue weighted by molar-refractivity contribution is 5.80. The van der Waals surface area contributed by atoms with Crippen molar-refractivity contribution in [2.45, 2.75) is 18.4 Å². The highest BCUT2D eigenvalue weighted by Crippen LogP contribution is 2.57. The zero-order valence-electron chi connectivity index (χ0n) is 21.9. The van der Waals surface area contributed by atoms with Gasteiger partial charge in [-0.3, -0.25) is 4.79 Å². The molecule has 3 aliphatic rings. The minimum absolute atomic E-state index is 0.00246. The maximum absolute atomic E-state index is 13.4. The lowest BCUT2D eigenvalue weighted by molar-refractivity contribution is -0.141. The summed E-state index contributed by atoms with van der Waals surface area (Å²) >= 11 is 0. The fraction of sp³-hybridized carbons (Fsp3) is 0.310. The largest absolute Gasteiger partial charge is 0.502 e. The molecule has 0 unspecified atom stereocenters. The van der Waals surface area contributed by atoms with Crippen molar-refractivity contribution < 1.29 is 47.1 Å². The van der Waals surface area contributed by atoms with Gasteiger partial charge >= 0.3 is 12.6 Å². The first-order chi connectivity index (χ1) is 19.9. The number of alkyl halides is 2. The van der Waals surface area contributed by atoms with E-state index < -0.39 is 24.4 Å². The molecule has 0 saturated carbocycles. The number of methoxy groups -OCH3 is 2. The number of benzene rings is 3. The Morgan fingerprint density at radius 3 is 2.32 bits per heavy atom. The van der Waals surface area contributed by atoms with Crippen molar-refractivity contribution in [2.75, 3.05) is 27.6 Å². The average Bonchev–Trinajstić information content (AvgIpc) is 3.69. The van der Waals surface area contributed by atoms with Crippen LogP contribution in [-0.2, 0) is 9.53 Å². The van der Waals surface area contributed by atoms with Crippen LogP contribution in [-0.4, -0.2) is 55.3 Å². The molecular weight excluding hydrogens is 542 g/mol. The summed E-state index contributed by atoms with van der Waals surface area (Å²) in [6, 6.07) is 11.6. The standard InChI is InChI=1S/C29H24F2N2O8/c1-36-21-5-12(6-22(37-2)26(21)34)23-14-8-19-20(40-11-39-19)9-15(14)24(16-10-38-28(35)25(16)23)27-32-17-4-3-13(41-29(30)31)7-18(17)33-27/h3-9,16,23-25,29,34H,10-11H2,1-2H3,(H,32,33)/t16-,23-,24-,25+/m1/s1. The van der Waals surface area contributed by atoms with Crippen LogP contribution in [0.3, 0.4) is 0 Å². The van der Waals surface area contributed by atoms with Gasteiger partial charge in [-0.05, 0) is 53.1 Å². The molecule has 0 bridgehead atoms. The van der Waals surface area contributed by atoms with E-state index in [9.17, 15) is 18.7 Å². The number of phenolic OH excluding ortho intramolecular Hbond substituents is 1. The fourth-order valence-corrected chi connectivity index (χ4v) is 6.34. The van der Waals surface area contributed by atoms with Crippen LogP contribution in [0.1, 0.15) is 34.4 Å². The number of aromatic amines is 1. The molecule has 1 fully saturated rings. The number of aromatic nitrogens is 2. The number of rotatable bonds is 6. The minimum Gasteiger partial charge on any atom is -0.502 e. The van der Waals surface area contributed by atoms with E-state index in [2.05, 4.69) is 9.72 Å². The molecule has 0 radical (unpaired) electrons. The molecule has 0 spiro atoms. The lowest BCUT2D eigenvalue weighted by atomic mass is 9.62. The van der Waals surface area contributed by atoms with E-state index in [1.165, 1.54) is 26.4 Å². The highest BCUT2D eigenvalue weighted by atomic mass is 19.3. The van der Waals surface area contributed by atoms with Crippen LogP contribution in [0.4, 0.5) is 8.78 Å². The van der Waals surface area contributed by atoms with Crippen molar-refractivity contribution in [3.05, 3.63) is 65.0 Å². The Labute approximate surface area is 231 Å². The smallest absolute Gasteiger partial charge is 0.387 e. The van der Waals surface area contributed by atoms with Gasteiger partial charge in [0, 0.05) is 23.8 Å². The first-order valence-corrected chi connectivity index (χ1v) is 12.9. The second-order valence-electron chi connectivity index (χ2n) is 10.1. The summed E-state index contributed by atoms with van der Waals surface area (Å²) in [5.74, 6) is -0.393. The lowest BCUT2D eigenvalue weighted by Gasteiger charge is -2.38. The van der Waals surface area contributed by atoms with Gasteiger partial charge < -0.3 is 38.5 Å². The van der Waals surface area contributed by atoms with Crippen LogP contribution < -0.4 is 23.7 Å². The van der Waals surface area contributed by atoms with Gasteiger partial charge in [0.25, 0.3) is 0 Å². The number of imidazole rings is 1. The fourth-order valence-electron chi connectivity index (χ4n) is 6.34. The molecule has 1 aliphatic carbocycles. The zero-order chi connectivity index (χ0) is 28.4. The highest BCUT2D eigenvalue weighted by Gasteiger charge is 2.53. The van der Waals surface area contributed by atoms with E-state index in [0.29, 0.717) is 33.9 Å². The number of esters is 1. The summed E-state index contributed by atoms with van der Waals surface area (Å²) < 4.78 is 58.1. The summed E-state index contributed by atoms with van der Waals surface area (Å²) in [5, 5.41) is 10.6. The van der Waals surface area contributed by atoms with E-state index in [1.807, 2.05) is 12.1 Å². The first-order valence-electron chi connectivity index (χ1n) is 12.9. The molecule has 12 heteroatoms. The number of fused-ring (bicyclic) bond motifs is 4. The molecule has 10 nitrogen and oxygen atoms in total. The topological polar surface area (TPSA) is 121 Å². The Balaban J connectivity index is 1.43. The second-order valence-corrected chi connectivity index (χ2v) is 10.1. The third kappa shape index (κ3) is 3.96. The van der Waals surface area contributed by atoms with E-state index in [1.54, 1.807) is 18.2 Å². The van der Waals surface area contributed by atoms with Crippen molar-refractivity contribution in [3.63, 3.8) is 0 Å². The van der Waals surface area contributed by atoms with Crippen molar-refractivity contribution in [3.8, 4) is 34.5 Å².